The quantitative estimate of drug-likeness (QED) is 0.689. The highest BCUT2D eigenvalue weighted by molar-refractivity contribution is 9.10. The van der Waals surface area contributed by atoms with E-state index in [-0.39, 0.29) is 24.1 Å². The van der Waals surface area contributed by atoms with E-state index in [1.165, 1.54) is 22.9 Å². The fourth-order valence-electron chi connectivity index (χ4n) is 3.08. The van der Waals surface area contributed by atoms with Crippen molar-refractivity contribution >= 4 is 21.8 Å². The van der Waals surface area contributed by atoms with Gasteiger partial charge >= 0.3 is 6.18 Å². The minimum atomic E-state index is -4.44. The number of carbonyl (C=O) groups excluding carboxylic acids is 1. The van der Waals surface area contributed by atoms with Gasteiger partial charge in [-0.1, -0.05) is 12.1 Å². The second kappa shape index (κ2) is 7.50. The highest BCUT2D eigenvalue weighted by atomic mass is 79.9. The molecule has 27 heavy (non-hydrogen) atoms. The topological polar surface area (TPSA) is 42.3 Å². The fraction of sp³-hybridized carbons (Fsp3) is 0.368. The van der Waals surface area contributed by atoms with Crippen LogP contribution >= 0.6 is 15.9 Å². The van der Waals surface area contributed by atoms with Gasteiger partial charge in [-0.05, 0) is 59.5 Å². The number of amides is 1. The second-order valence-electron chi connectivity index (χ2n) is 6.64. The smallest absolute Gasteiger partial charge is 0.331 e. The third-order valence-corrected chi connectivity index (χ3v) is 5.06. The standard InChI is InChI=1S/C19H18BrF3N2O2/c1-12(13-3-2-4-14(9-13)19(21,22)23)25(16-6-7-16)18(27)11-24-10-15(20)5-8-17(24)26/h2-5,8-10,12,16H,6-7,11H2,1H3. The van der Waals surface area contributed by atoms with E-state index in [2.05, 4.69) is 15.9 Å². The van der Waals surface area contributed by atoms with Gasteiger partial charge in [-0.25, -0.2) is 0 Å². The van der Waals surface area contributed by atoms with Gasteiger partial charge in [-0.2, -0.15) is 13.2 Å². The van der Waals surface area contributed by atoms with Gasteiger partial charge in [-0.3, -0.25) is 9.59 Å². The Hall–Kier alpha value is -2.09. The number of rotatable bonds is 5. The van der Waals surface area contributed by atoms with Crippen molar-refractivity contribution < 1.29 is 18.0 Å². The average Bonchev–Trinajstić information content (AvgIpc) is 3.42. The molecule has 8 heteroatoms. The molecule has 1 aliphatic rings. The normalized spacial score (nSPS) is 15.4. The Kier molecular flexibility index (Phi) is 5.46. The van der Waals surface area contributed by atoms with Gasteiger partial charge in [0.2, 0.25) is 5.91 Å². The van der Waals surface area contributed by atoms with Gasteiger partial charge in [0.1, 0.15) is 6.54 Å². The molecule has 1 amide bonds. The number of pyridine rings is 1. The lowest BCUT2D eigenvalue weighted by Crippen LogP contribution is -2.39. The first-order valence-corrected chi connectivity index (χ1v) is 9.30. The maximum atomic E-state index is 13.0. The lowest BCUT2D eigenvalue weighted by molar-refractivity contribution is -0.137. The molecule has 0 N–H and O–H groups in total. The molecular weight excluding hydrogens is 425 g/mol. The van der Waals surface area contributed by atoms with E-state index < -0.39 is 17.8 Å². The SMILES string of the molecule is CC(c1cccc(C(F)(F)F)c1)N(C(=O)Cn1cc(Br)ccc1=O)C1CC1. The molecule has 1 aromatic heterocycles. The number of hydrogen-bond acceptors (Lipinski definition) is 2. The van der Waals surface area contributed by atoms with Crippen molar-refractivity contribution in [1.82, 2.24) is 9.47 Å². The van der Waals surface area contributed by atoms with Crippen LogP contribution in [0.15, 0.2) is 51.9 Å². The van der Waals surface area contributed by atoms with Crippen LogP contribution < -0.4 is 5.56 Å². The average molecular weight is 443 g/mol. The minimum Gasteiger partial charge on any atom is -0.331 e. The second-order valence-corrected chi connectivity index (χ2v) is 7.56. The number of halogens is 4. The summed E-state index contributed by atoms with van der Waals surface area (Å²) in [6.07, 6.45) is -1.29. The van der Waals surface area contributed by atoms with Gasteiger partial charge in [0.05, 0.1) is 11.6 Å². The molecule has 3 rings (SSSR count). The van der Waals surface area contributed by atoms with Gasteiger partial charge in [0.25, 0.3) is 5.56 Å². The Morgan fingerprint density at radius 2 is 2.00 bits per heavy atom. The molecule has 1 heterocycles. The number of aromatic nitrogens is 1. The van der Waals surface area contributed by atoms with Crippen molar-refractivity contribution in [3.05, 3.63) is 68.5 Å². The van der Waals surface area contributed by atoms with Crippen LogP contribution in [0, 0.1) is 0 Å². The van der Waals surface area contributed by atoms with Crippen molar-refractivity contribution in [2.24, 2.45) is 0 Å². The summed E-state index contributed by atoms with van der Waals surface area (Å²) in [7, 11) is 0. The summed E-state index contributed by atoms with van der Waals surface area (Å²) in [5.74, 6) is -0.289. The molecule has 1 saturated carbocycles. The van der Waals surface area contributed by atoms with Crippen LogP contribution in [0.25, 0.3) is 0 Å². The van der Waals surface area contributed by atoms with Gasteiger partial charge < -0.3 is 9.47 Å². The van der Waals surface area contributed by atoms with Crippen molar-refractivity contribution in [2.45, 2.75) is 44.6 Å². The molecule has 1 aliphatic carbocycles. The van der Waals surface area contributed by atoms with Crippen LogP contribution in [-0.4, -0.2) is 21.4 Å². The van der Waals surface area contributed by atoms with E-state index in [1.807, 2.05) is 0 Å². The first-order valence-electron chi connectivity index (χ1n) is 8.51. The Morgan fingerprint density at radius 1 is 1.30 bits per heavy atom. The zero-order valence-electron chi connectivity index (χ0n) is 14.5. The van der Waals surface area contributed by atoms with E-state index in [4.69, 9.17) is 0 Å². The molecule has 0 radical (unpaired) electrons. The van der Waals surface area contributed by atoms with Gasteiger partial charge in [-0.15, -0.1) is 0 Å². The molecule has 1 unspecified atom stereocenters. The number of carbonyl (C=O) groups is 1. The summed E-state index contributed by atoms with van der Waals surface area (Å²) in [6.45, 7) is 1.56. The molecule has 0 bridgehead atoms. The molecule has 1 atom stereocenters. The number of nitrogens with zero attached hydrogens (tertiary/aromatic N) is 2. The summed E-state index contributed by atoms with van der Waals surface area (Å²) in [5.41, 5.74) is -0.626. The monoisotopic (exact) mass is 442 g/mol. The molecule has 0 spiro atoms. The maximum Gasteiger partial charge on any atom is 0.416 e. The van der Waals surface area contributed by atoms with Crippen LogP contribution in [0.5, 0.6) is 0 Å². The van der Waals surface area contributed by atoms with Crippen molar-refractivity contribution in [1.29, 1.82) is 0 Å². The Labute approximate surface area is 162 Å². The summed E-state index contributed by atoms with van der Waals surface area (Å²) < 4.78 is 41.0. The van der Waals surface area contributed by atoms with E-state index in [9.17, 15) is 22.8 Å². The fourth-order valence-corrected chi connectivity index (χ4v) is 3.46. The first-order chi connectivity index (χ1) is 12.7. The van der Waals surface area contributed by atoms with E-state index in [1.54, 1.807) is 24.0 Å². The Bertz CT molecular complexity index is 906. The number of alkyl halides is 3. The van der Waals surface area contributed by atoms with Crippen LogP contribution in [0.2, 0.25) is 0 Å². The maximum absolute atomic E-state index is 13.0. The molecule has 0 saturated heterocycles. The van der Waals surface area contributed by atoms with Gasteiger partial charge in [0.15, 0.2) is 0 Å². The lowest BCUT2D eigenvalue weighted by Gasteiger charge is -2.30. The number of hydrogen-bond donors (Lipinski definition) is 0. The summed E-state index contributed by atoms with van der Waals surface area (Å²) >= 11 is 3.27. The molecule has 4 nitrogen and oxygen atoms in total. The van der Waals surface area contributed by atoms with E-state index >= 15 is 0 Å². The zero-order chi connectivity index (χ0) is 19.8. The third-order valence-electron chi connectivity index (χ3n) is 4.59. The number of benzene rings is 1. The van der Waals surface area contributed by atoms with Crippen LogP contribution in [-0.2, 0) is 17.5 Å². The molecular formula is C19H18BrF3N2O2. The lowest BCUT2D eigenvalue weighted by atomic mass is 10.0. The summed E-state index contributed by atoms with van der Waals surface area (Å²) in [5, 5.41) is 0. The first kappa shape index (κ1) is 19.7. The Balaban J connectivity index is 1.86. The molecule has 0 aliphatic heterocycles. The summed E-state index contributed by atoms with van der Waals surface area (Å²) in [6, 6.07) is 7.46. The van der Waals surface area contributed by atoms with Crippen LogP contribution in [0.3, 0.4) is 0 Å². The predicted octanol–water partition coefficient (Wildman–Crippen LogP) is 4.38. The minimum absolute atomic E-state index is 0.00935. The van der Waals surface area contributed by atoms with E-state index in [0.717, 1.165) is 25.0 Å². The molecule has 1 fully saturated rings. The van der Waals surface area contributed by atoms with E-state index in [0.29, 0.717) is 10.0 Å². The van der Waals surface area contributed by atoms with Crippen molar-refractivity contribution in [3.8, 4) is 0 Å². The molecule has 144 valence electrons. The predicted molar refractivity (Wildman–Crippen MR) is 98.1 cm³/mol. The zero-order valence-corrected chi connectivity index (χ0v) is 16.1. The van der Waals surface area contributed by atoms with Gasteiger partial charge in [0, 0.05) is 22.8 Å². The van der Waals surface area contributed by atoms with Crippen LogP contribution in [0.1, 0.15) is 36.9 Å². The summed E-state index contributed by atoms with van der Waals surface area (Å²) in [4.78, 5) is 26.4. The van der Waals surface area contributed by atoms with Crippen molar-refractivity contribution in [2.75, 3.05) is 0 Å². The highest BCUT2D eigenvalue weighted by Crippen LogP contribution is 2.36. The van der Waals surface area contributed by atoms with Crippen molar-refractivity contribution in [3.63, 3.8) is 0 Å². The largest absolute Gasteiger partial charge is 0.416 e. The Morgan fingerprint density at radius 3 is 2.63 bits per heavy atom. The molecule has 2 aromatic rings. The molecule has 1 aromatic carbocycles. The van der Waals surface area contributed by atoms with Crippen LogP contribution in [0.4, 0.5) is 13.2 Å². The third kappa shape index (κ3) is 4.61. The highest BCUT2D eigenvalue weighted by Gasteiger charge is 2.37.